The van der Waals surface area contributed by atoms with Crippen molar-refractivity contribution in [2.45, 2.75) is 45.4 Å². The zero-order chi connectivity index (χ0) is 16.1. The number of carbonyl (C=O) groups excluding carboxylic acids is 1. The highest BCUT2D eigenvalue weighted by Gasteiger charge is 2.47. The largest absolute Gasteiger partial charge is 0.480 e. The minimum atomic E-state index is -0.943. The third-order valence-corrected chi connectivity index (χ3v) is 3.82. The van der Waals surface area contributed by atoms with Gasteiger partial charge in [-0.15, -0.1) is 0 Å². The Morgan fingerprint density at radius 2 is 1.95 bits per heavy atom. The van der Waals surface area contributed by atoms with E-state index in [9.17, 15) is 9.59 Å². The van der Waals surface area contributed by atoms with Gasteiger partial charge in [0.15, 0.2) is 0 Å². The van der Waals surface area contributed by atoms with E-state index in [1.54, 1.807) is 0 Å². The molecule has 0 saturated carbocycles. The predicted octanol–water partition coefficient (Wildman–Crippen LogP) is 2.50. The van der Waals surface area contributed by atoms with Crippen LogP contribution in [0.3, 0.4) is 0 Å². The van der Waals surface area contributed by atoms with Gasteiger partial charge >= 0.3 is 12.0 Å². The fraction of sp³-hybridized carbons (Fsp3) is 0.500. The van der Waals surface area contributed by atoms with E-state index in [-0.39, 0.29) is 12.1 Å². The van der Waals surface area contributed by atoms with Gasteiger partial charge in [-0.2, -0.15) is 5.06 Å². The zero-order valence-corrected chi connectivity index (χ0v) is 12.9. The highest BCUT2D eigenvalue weighted by Crippen LogP contribution is 2.30. The summed E-state index contributed by atoms with van der Waals surface area (Å²) in [4.78, 5) is 30.3. The maximum Gasteiger partial charge on any atom is 0.345 e. The zero-order valence-electron chi connectivity index (χ0n) is 12.9. The second-order valence-electron chi connectivity index (χ2n) is 5.10. The van der Waals surface area contributed by atoms with Gasteiger partial charge in [0.25, 0.3) is 0 Å². The van der Waals surface area contributed by atoms with Crippen LogP contribution < -0.4 is 0 Å². The predicted molar refractivity (Wildman–Crippen MR) is 81.0 cm³/mol. The Labute approximate surface area is 130 Å². The first kappa shape index (κ1) is 16.3. The number of carboxylic acids is 1. The molecule has 0 aromatic heterocycles. The van der Waals surface area contributed by atoms with Gasteiger partial charge in [-0.25, -0.2) is 9.59 Å². The van der Waals surface area contributed by atoms with Crippen LogP contribution in [0.1, 0.15) is 32.3 Å². The Hall–Kier alpha value is -2.08. The molecule has 2 aliphatic heterocycles. The molecule has 6 heteroatoms. The molecule has 2 fully saturated rings. The number of hydroxylamine groups is 2. The molecule has 0 radical (unpaired) electrons. The molecular formula is C16H22N2O4. The van der Waals surface area contributed by atoms with Gasteiger partial charge in [-0.1, -0.05) is 44.2 Å². The number of urea groups is 1. The van der Waals surface area contributed by atoms with Gasteiger partial charge in [-0.05, 0) is 18.4 Å². The molecule has 120 valence electrons. The van der Waals surface area contributed by atoms with E-state index in [1.165, 1.54) is 9.96 Å². The molecule has 0 aliphatic carbocycles. The van der Waals surface area contributed by atoms with Crippen molar-refractivity contribution in [3.8, 4) is 0 Å². The fourth-order valence-electron chi connectivity index (χ4n) is 2.77. The number of nitrogens with zero attached hydrogens (tertiary/aromatic N) is 2. The second kappa shape index (κ2) is 7.26. The van der Waals surface area contributed by atoms with Crippen LogP contribution in [0.25, 0.3) is 0 Å². The van der Waals surface area contributed by atoms with Crippen molar-refractivity contribution in [2.75, 3.05) is 6.54 Å². The van der Waals surface area contributed by atoms with Gasteiger partial charge in [0.1, 0.15) is 12.6 Å². The van der Waals surface area contributed by atoms with E-state index in [1.807, 2.05) is 44.2 Å². The first-order valence-corrected chi connectivity index (χ1v) is 7.66. The van der Waals surface area contributed by atoms with Crippen LogP contribution >= 0.6 is 0 Å². The molecule has 1 aromatic rings. The van der Waals surface area contributed by atoms with E-state index >= 15 is 0 Å². The third kappa shape index (κ3) is 3.22. The number of benzene rings is 1. The summed E-state index contributed by atoms with van der Waals surface area (Å²) in [6.45, 7) is 4.75. The van der Waals surface area contributed by atoms with Crippen LogP contribution in [-0.4, -0.2) is 45.7 Å². The van der Waals surface area contributed by atoms with E-state index in [2.05, 4.69) is 0 Å². The molecule has 2 aliphatic rings. The van der Waals surface area contributed by atoms with Crippen molar-refractivity contribution in [1.29, 1.82) is 0 Å². The molecule has 2 atom stereocenters. The maximum absolute atomic E-state index is 12.2. The van der Waals surface area contributed by atoms with Crippen molar-refractivity contribution >= 4 is 12.0 Å². The van der Waals surface area contributed by atoms with Gasteiger partial charge < -0.3 is 10.0 Å². The fourth-order valence-corrected chi connectivity index (χ4v) is 2.77. The van der Waals surface area contributed by atoms with Gasteiger partial charge in [0, 0.05) is 6.54 Å². The Morgan fingerprint density at radius 1 is 1.27 bits per heavy atom. The number of aliphatic carboxylic acids is 1. The highest BCUT2D eigenvalue weighted by molar-refractivity contribution is 5.84. The van der Waals surface area contributed by atoms with E-state index < -0.39 is 12.0 Å². The Balaban J connectivity index is 0.000000847. The molecule has 2 heterocycles. The molecule has 1 aromatic carbocycles. The summed E-state index contributed by atoms with van der Waals surface area (Å²) in [5.74, 6) is -0.943. The van der Waals surface area contributed by atoms with Crippen molar-refractivity contribution < 1.29 is 19.5 Å². The van der Waals surface area contributed by atoms with Crippen LogP contribution in [-0.2, 0) is 16.2 Å². The molecule has 3 rings (SSSR count). The van der Waals surface area contributed by atoms with Crippen LogP contribution in [0.4, 0.5) is 4.79 Å². The van der Waals surface area contributed by atoms with Gasteiger partial charge in [0.2, 0.25) is 0 Å². The maximum atomic E-state index is 12.2. The van der Waals surface area contributed by atoms with Crippen LogP contribution in [0.5, 0.6) is 0 Å². The average Bonchev–Trinajstić information content (AvgIpc) is 2.79. The molecule has 2 unspecified atom stereocenters. The summed E-state index contributed by atoms with van der Waals surface area (Å²) < 4.78 is 0. The first-order valence-electron chi connectivity index (χ1n) is 7.66. The molecule has 1 N–H and O–H groups in total. The van der Waals surface area contributed by atoms with Crippen LogP contribution in [0.2, 0.25) is 0 Å². The number of carbonyl (C=O) groups is 2. The summed E-state index contributed by atoms with van der Waals surface area (Å²) in [6, 6.07) is 8.49. The normalized spacial score (nSPS) is 23.1. The van der Waals surface area contributed by atoms with Crippen LogP contribution in [0, 0.1) is 0 Å². The Morgan fingerprint density at radius 3 is 2.59 bits per heavy atom. The molecule has 0 spiro atoms. The quantitative estimate of drug-likeness (QED) is 0.928. The summed E-state index contributed by atoms with van der Waals surface area (Å²) in [5, 5.41) is 10.5. The number of amides is 2. The lowest BCUT2D eigenvalue weighted by molar-refractivity contribution is -0.143. The summed E-state index contributed by atoms with van der Waals surface area (Å²) in [7, 11) is 0. The molecule has 2 amide bonds. The summed E-state index contributed by atoms with van der Waals surface area (Å²) >= 11 is 0. The number of carboxylic acid groups (broad SMARTS) is 1. The highest BCUT2D eigenvalue weighted by atomic mass is 16.7. The lowest BCUT2D eigenvalue weighted by Crippen LogP contribution is -2.44. The standard InChI is InChI=1S/C14H16N2O4.C2H6/c17-13(18)12-7-6-11-8-15(12)14(19)16(11)20-9-10-4-2-1-3-5-10;1-2/h1-5,11-12H,6-9H2,(H,17,18);1-2H3. The van der Waals surface area contributed by atoms with Crippen molar-refractivity contribution in [3.63, 3.8) is 0 Å². The average molecular weight is 306 g/mol. The molecule has 2 saturated heterocycles. The number of fused-ring (bicyclic) bond motifs is 2. The second-order valence-corrected chi connectivity index (χ2v) is 5.10. The molecule has 22 heavy (non-hydrogen) atoms. The van der Waals surface area contributed by atoms with E-state index in [4.69, 9.17) is 9.94 Å². The topological polar surface area (TPSA) is 70.1 Å². The molecular weight excluding hydrogens is 284 g/mol. The third-order valence-electron chi connectivity index (χ3n) is 3.82. The number of hydrogen-bond donors (Lipinski definition) is 1. The number of hydrogen-bond acceptors (Lipinski definition) is 3. The van der Waals surface area contributed by atoms with Gasteiger partial charge in [-0.3, -0.25) is 4.84 Å². The molecule has 6 nitrogen and oxygen atoms in total. The van der Waals surface area contributed by atoms with Crippen molar-refractivity contribution in [2.24, 2.45) is 0 Å². The minimum absolute atomic E-state index is 0.0400. The monoisotopic (exact) mass is 306 g/mol. The summed E-state index contributed by atoms with van der Waals surface area (Å²) in [5.41, 5.74) is 0.978. The lowest BCUT2D eigenvalue weighted by Gasteiger charge is -2.26. The Kier molecular flexibility index (Phi) is 5.38. The van der Waals surface area contributed by atoms with E-state index in [0.717, 1.165) is 5.56 Å². The lowest BCUT2D eigenvalue weighted by atomic mass is 10.0. The van der Waals surface area contributed by atoms with Crippen molar-refractivity contribution in [3.05, 3.63) is 35.9 Å². The number of piperidine rings is 1. The molecule has 2 bridgehead atoms. The van der Waals surface area contributed by atoms with Crippen molar-refractivity contribution in [1.82, 2.24) is 9.96 Å². The van der Waals surface area contributed by atoms with E-state index in [0.29, 0.717) is 26.0 Å². The van der Waals surface area contributed by atoms with Gasteiger partial charge in [0.05, 0.1) is 6.04 Å². The SMILES string of the molecule is CC.O=C(O)C1CCC2CN1C(=O)N2OCc1ccccc1. The van der Waals surface area contributed by atoms with Crippen LogP contribution in [0.15, 0.2) is 30.3 Å². The Bertz CT molecular complexity index is 520. The summed E-state index contributed by atoms with van der Waals surface area (Å²) in [6.07, 6.45) is 1.14. The number of rotatable bonds is 4. The smallest absolute Gasteiger partial charge is 0.345 e. The first-order chi connectivity index (χ1) is 10.7. The minimum Gasteiger partial charge on any atom is -0.480 e.